The standard InChI is InChI=1S/C20H21N3O3/c1-14(2)15-5-7-16(8-6-15)26-13-19(24)23-12-17-20(22-10-9-21-17)18-4-3-11-25-18/h3-11,14H,12-13H2,1-2H3,(H,23,24). The van der Waals surface area contributed by atoms with Gasteiger partial charge < -0.3 is 14.5 Å². The first kappa shape index (κ1) is 17.7. The van der Waals surface area contributed by atoms with Crippen LogP contribution in [0.25, 0.3) is 11.5 Å². The zero-order valence-electron chi connectivity index (χ0n) is 14.8. The van der Waals surface area contributed by atoms with Gasteiger partial charge in [0.05, 0.1) is 18.5 Å². The lowest BCUT2D eigenvalue weighted by atomic mass is 10.0. The Morgan fingerprint density at radius 2 is 1.92 bits per heavy atom. The lowest BCUT2D eigenvalue weighted by Gasteiger charge is -2.10. The van der Waals surface area contributed by atoms with Crippen LogP contribution in [0, 0.1) is 0 Å². The highest BCUT2D eigenvalue weighted by molar-refractivity contribution is 5.77. The third-order valence-electron chi connectivity index (χ3n) is 3.90. The Hall–Kier alpha value is -3.15. The lowest BCUT2D eigenvalue weighted by Crippen LogP contribution is -2.29. The summed E-state index contributed by atoms with van der Waals surface area (Å²) in [5.41, 5.74) is 2.48. The second-order valence-electron chi connectivity index (χ2n) is 6.12. The molecule has 0 spiro atoms. The smallest absolute Gasteiger partial charge is 0.258 e. The van der Waals surface area contributed by atoms with Crippen LogP contribution < -0.4 is 10.1 Å². The van der Waals surface area contributed by atoms with Gasteiger partial charge in [0, 0.05) is 12.4 Å². The summed E-state index contributed by atoms with van der Waals surface area (Å²) >= 11 is 0. The Morgan fingerprint density at radius 1 is 1.15 bits per heavy atom. The maximum absolute atomic E-state index is 12.1. The van der Waals surface area contributed by atoms with E-state index in [0.717, 1.165) is 0 Å². The number of ether oxygens (including phenoxy) is 1. The first-order valence-corrected chi connectivity index (χ1v) is 8.46. The van der Waals surface area contributed by atoms with Gasteiger partial charge in [-0.25, -0.2) is 4.98 Å². The molecule has 1 amide bonds. The van der Waals surface area contributed by atoms with Crippen LogP contribution >= 0.6 is 0 Å². The average molecular weight is 351 g/mol. The zero-order valence-corrected chi connectivity index (χ0v) is 14.8. The molecule has 0 radical (unpaired) electrons. The van der Waals surface area contributed by atoms with Crippen molar-refractivity contribution in [2.75, 3.05) is 6.61 Å². The second-order valence-corrected chi connectivity index (χ2v) is 6.12. The van der Waals surface area contributed by atoms with E-state index in [1.54, 1.807) is 30.8 Å². The minimum atomic E-state index is -0.228. The van der Waals surface area contributed by atoms with Crippen molar-refractivity contribution in [1.82, 2.24) is 15.3 Å². The third-order valence-corrected chi connectivity index (χ3v) is 3.90. The number of benzene rings is 1. The molecule has 0 aliphatic heterocycles. The molecule has 0 fully saturated rings. The lowest BCUT2D eigenvalue weighted by molar-refractivity contribution is -0.123. The second kappa shape index (κ2) is 8.29. The van der Waals surface area contributed by atoms with Gasteiger partial charge in [-0.15, -0.1) is 0 Å². The summed E-state index contributed by atoms with van der Waals surface area (Å²) in [6, 6.07) is 11.4. The molecular formula is C20H21N3O3. The molecule has 3 aromatic rings. The quantitative estimate of drug-likeness (QED) is 0.704. The molecule has 1 N–H and O–H groups in total. The summed E-state index contributed by atoms with van der Waals surface area (Å²) in [4.78, 5) is 20.6. The van der Waals surface area contributed by atoms with E-state index < -0.39 is 0 Å². The topological polar surface area (TPSA) is 77.2 Å². The number of hydrogen-bond acceptors (Lipinski definition) is 5. The van der Waals surface area contributed by atoms with Crippen LogP contribution in [0.2, 0.25) is 0 Å². The summed E-state index contributed by atoms with van der Waals surface area (Å²) in [6.07, 6.45) is 4.75. The molecule has 0 aliphatic carbocycles. The van der Waals surface area contributed by atoms with Crippen molar-refractivity contribution < 1.29 is 13.9 Å². The number of furan rings is 1. The molecular weight excluding hydrogens is 330 g/mol. The molecule has 0 atom stereocenters. The summed E-state index contributed by atoms with van der Waals surface area (Å²) in [5.74, 6) is 1.51. The molecule has 6 heteroatoms. The predicted molar refractivity (Wildman–Crippen MR) is 97.6 cm³/mol. The largest absolute Gasteiger partial charge is 0.484 e. The first-order valence-electron chi connectivity index (χ1n) is 8.46. The van der Waals surface area contributed by atoms with E-state index in [1.165, 1.54) is 5.56 Å². The molecule has 1 aromatic carbocycles. The number of amides is 1. The fourth-order valence-electron chi connectivity index (χ4n) is 2.45. The van der Waals surface area contributed by atoms with E-state index in [4.69, 9.17) is 9.15 Å². The number of carbonyl (C=O) groups excluding carboxylic acids is 1. The van der Waals surface area contributed by atoms with Gasteiger partial charge in [0.1, 0.15) is 11.4 Å². The monoisotopic (exact) mass is 351 g/mol. The van der Waals surface area contributed by atoms with Gasteiger partial charge in [0.25, 0.3) is 5.91 Å². The molecule has 134 valence electrons. The van der Waals surface area contributed by atoms with Crippen LogP contribution in [0.1, 0.15) is 31.0 Å². The number of rotatable bonds is 7. The molecule has 6 nitrogen and oxygen atoms in total. The van der Waals surface area contributed by atoms with Gasteiger partial charge in [-0.05, 0) is 35.7 Å². The Morgan fingerprint density at radius 3 is 2.62 bits per heavy atom. The van der Waals surface area contributed by atoms with Crippen LogP contribution in [-0.4, -0.2) is 22.5 Å². The van der Waals surface area contributed by atoms with E-state index in [-0.39, 0.29) is 19.1 Å². The van der Waals surface area contributed by atoms with Crippen LogP contribution in [0.15, 0.2) is 59.5 Å². The Kier molecular flexibility index (Phi) is 5.63. The predicted octanol–water partition coefficient (Wildman–Crippen LogP) is 3.56. The molecule has 0 saturated heterocycles. The van der Waals surface area contributed by atoms with Gasteiger partial charge >= 0.3 is 0 Å². The Labute approximate surface area is 152 Å². The van der Waals surface area contributed by atoms with Crippen LogP contribution in [0.5, 0.6) is 5.75 Å². The molecule has 0 saturated carbocycles. The molecule has 2 aromatic heterocycles. The highest BCUT2D eigenvalue weighted by Gasteiger charge is 2.12. The SMILES string of the molecule is CC(C)c1ccc(OCC(=O)NCc2nccnc2-c2ccco2)cc1. The van der Waals surface area contributed by atoms with Crippen LogP contribution in [0.4, 0.5) is 0 Å². The molecule has 0 bridgehead atoms. The van der Waals surface area contributed by atoms with E-state index >= 15 is 0 Å². The van der Waals surface area contributed by atoms with Crippen molar-refractivity contribution in [3.8, 4) is 17.2 Å². The average Bonchev–Trinajstić information content (AvgIpc) is 3.20. The fraction of sp³-hybridized carbons (Fsp3) is 0.250. The van der Waals surface area contributed by atoms with Crippen molar-refractivity contribution in [1.29, 1.82) is 0 Å². The van der Waals surface area contributed by atoms with Gasteiger partial charge in [0.15, 0.2) is 12.4 Å². The van der Waals surface area contributed by atoms with E-state index in [1.807, 2.05) is 24.3 Å². The maximum atomic E-state index is 12.1. The van der Waals surface area contributed by atoms with Crippen molar-refractivity contribution in [2.24, 2.45) is 0 Å². The summed E-state index contributed by atoms with van der Waals surface area (Å²) in [5, 5.41) is 2.79. The number of nitrogens with zero attached hydrogens (tertiary/aromatic N) is 2. The van der Waals surface area contributed by atoms with E-state index in [2.05, 4.69) is 29.1 Å². The van der Waals surface area contributed by atoms with E-state index in [9.17, 15) is 4.79 Å². The number of carbonyl (C=O) groups is 1. The van der Waals surface area contributed by atoms with Crippen molar-refractivity contribution in [2.45, 2.75) is 26.3 Å². The number of aromatic nitrogens is 2. The Balaban J connectivity index is 1.53. The molecule has 3 rings (SSSR count). The zero-order chi connectivity index (χ0) is 18.4. The third kappa shape index (κ3) is 4.47. The minimum Gasteiger partial charge on any atom is -0.484 e. The fourth-order valence-corrected chi connectivity index (χ4v) is 2.45. The highest BCUT2D eigenvalue weighted by Crippen LogP contribution is 2.20. The van der Waals surface area contributed by atoms with Gasteiger partial charge in [-0.1, -0.05) is 26.0 Å². The highest BCUT2D eigenvalue weighted by atomic mass is 16.5. The first-order chi connectivity index (χ1) is 12.6. The Bertz CT molecular complexity index is 843. The minimum absolute atomic E-state index is 0.0582. The number of nitrogens with one attached hydrogen (secondary N) is 1. The van der Waals surface area contributed by atoms with Crippen molar-refractivity contribution >= 4 is 5.91 Å². The van der Waals surface area contributed by atoms with Gasteiger partial charge in [-0.2, -0.15) is 0 Å². The number of hydrogen-bond donors (Lipinski definition) is 1. The van der Waals surface area contributed by atoms with Crippen LogP contribution in [0.3, 0.4) is 0 Å². The summed E-state index contributed by atoms with van der Waals surface area (Å²) in [6.45, 7) is 4.45. The normalized spacial score (nSPS) is 10.7. The van der Waals surface area contributed by atoms with E-state index in [0.29, 0.717) is 28.8 Å². The molecule has 26 heavy (non-hydrogen) atoms. The summed E-state index contributed by atoms with van der Waals surface area (Å²) in [7, 11) is 0. The van der Waals surface area contributed by atoms with Gasteiger partial charge in [-0.3, -0.25) is 9.78 Å². The molecule has 2 heterocycles. The van der Waals surface area contributed by atoms with Gasteiger partial charge in [0.2, 0.25) is 0 Å². The molecule has 0 unspecified atom stereocenters. The molecule has 0 aliphatic rings. The van der Waals surface area contributed by atoms with Crippen molar-refractivity contribution in [3.05, 3.63) is 66.3 Å². The maximum Gasteiger partial charge on any atom is 0.258 e. The van der Waals surface area contributed by atoms with Crippen LogP contribution in [-0.2, 0) is 11.3 Å². The van der Waals surface area contributed by atoms with Crippen molar-refractivity contribution in [3.63, 3.8) is 0 Å². The summed E-state index contributed by atoms with van der Waals surface area (Å²) < 4.78 is 10.9.